The number of ether oxygens (including phenoxy) is 2. The van der Waals surface area contributed by atoms with E-state index in [1.54, 1.807) is 14.2 Å². The Morgan fingerprint density at radius 1 is 1.20 bits per heavy atom. The number of benzene rings is 1. The standard InChI is InChI=1S/C15H24N2O3/c1-11-9-16(2)5-6-17(11)10-12-7-13(19-3)15(18)14(8-12)20-4/h7-8,11,18H,5-6,9-10H2,1-4H3. The minimum atomic E-state index is 0.0603. The molecule has 1 heterocycles. The van der Waals surface area contributed by atoms with Crippen molar-refractivity contribution in [3.63, 3.8) is 0 Å². The van der Waals surface area contributed by atoms with Crippen LogP contribution >= 0.6 is 0 Å². The highest BCUT2D eigenvalue weighted by molar-refractivity contribution is 5.52. The summed E-state index contributed by atoms with van der Waals surface area (Å²) in [5.74, 6) is 0.979. The molecule has 0 amide bonds. The number of phenols is 1. The van der Waals surface area contributed by atoms with Crippen molar-refractivity contribution in [2.45, 2.75) is 19.5 Å². The first kappa shape index (κ1) is 14.9. The second kappa shape index (κ2) is 6.33. The molecule has 1 aliphatic rings. The van der Waals surface area contributed by atoms with Crippen LogP contribution in [-0.2, 0) is 6.54 Å². The summed E-state index contributed by atoms with van der Waals surface area (Å²) < 4.78 is 10.4. The molecule has 20 heavy (non-hydrogen) atoms. The van der Waals surface area contributed by atoms with Gasteiger partial charge >= 0.3 is 0 Å². The van der Waals surface area contributed by atoms with Gasteiger partial charge in [-0.3, -0.25) is 4.90 Å². The maximum absolute atomic E-state index is 9.94. The quantitative estimate of drug-likeness (QED) is 0.906. The summed E-state index contributed by atoms with van der Waals surface area (Å²) in [7, 11) is 5.26. The zero-order valence-electron chi connectivity index (χ0n) is 12.7. The molecule has 0 aliphatic carbocycles. The van der Waals surface area contributed by atoms with E-state index in [0.29, 0.717) is 17.5 Å². The summed E-state index contributed by atoms with van der Waals surface area (Å²) in [4.78, 5) is 4.78. The monoisotopic (exact) mass is 280 g/mol. The van der Waals surface area contributed by atoms with Crippen LogP contribution in [-0.4, -0.2) is 61.8 Å². The van der Waals surface area contributed by atoms with Gasteiger partial charge in [0.2, 0.25) is 5.75 Å². The lowest BCUT2D eigenvalue weighted by molar-refractivity contribution is 0.0937. The Morgan fingerprint density at radius 3 is 2.30 bits per heavy atom. The van der Waals surface area contributed by atoms with Crippen LogP contribution in [0.3, 0.4) is 0 Å². The fraction of sp³-hybridized carbons (Fsp3) is 0.600. The van der Waals surface area contributed by atoms with E-state index in [2.05, 4.69) is 23.8 Å². The van der Waals surface area contributed by atoms with Gasteiger partial charge in [0.1, 0.15) is 0 Å². The Labute approximate surface area is 120 Å². The molecule has 5 nitrogen and oxygen atoms in total. The number of phenolic OH excluding ortho intramolecular Hbond substituents is 1. The van der Waals surface area contributed by atoms with Gasteiger partial charge in [-0.05, 0) is 31.7 Å². The van der Waals surface area contributed by atoms with Crippen molar-refractivity contribution in [3.8, 4) is 17.2 Å². The van der Waals surface area contributed by atoms with Gasteiger partial charge in [0.15, 0.2) is 11.5 Å². The SMILES string of the molecule is COc1cc(CN2CCN(C)CC2C)cc(OC)c1O. The molecule has 1 N–H and O–H groups in total. The van der Waals surface area contributed by atoms with E-state index in [-0.39, 0.29) is 5.75 Å². The number of rotatable bonds is 4. The van der Waals surface area contributed by atoms with Gasteiger partial charge in [0.25, 0.3) is 0 Å². The fourth-order valence-corrected chi connectivity index (χ4v) is 2.69. The Kier molecular flexibility index (Phi) is 4.73. The minimum Gasteiger partial charge on any atom is -0.502 e. The highest BCUT2D eigenvalue weighted by Crippen LogP contribution is 2.37. The second-order valence-electron chi connectivity index (χ2n) is 5.43. The van der Waals surface area contributed by atoms with Crippen molar-refractivity contribution in [3.05, 3.63) is 17.7 Å². The maximum atomic E-state index is 9.94. The van der Waals surface area contributed by atoms with Crippen LogP contribution in [0.15, 0.2) is 12.1 Å². The second-order valence-corrected chi connectivity index (χ2v) is 5.43. The number of nitrogens with zero attached hydrogens (tertiary/aromatic N) is 2. The molecule has 0 bridgehead atoms. The van der Waals surface area contributed by atoms with Crippen LogP contribution in [0.1, 0.15) is 12.5 Å². The van der Waals surface area contributed by atoms with Gasteiger partial charge < -0.3 is 19.5 Å². The first-order valence-corrected chi connectivity index (χ1v) is 6.91. The van der Waals surface area contributed by atoms with Crippen molar-refractivity contribution < 1.29 is 14.6 Å². The molecule has 112 valence electrons. The molecular weight excluding hydrogens is 256 g/mol. The molecule has 1 aromatic carbocycles. The number of methoxy groups -OCH3 is 2. The van der Waals surface area contributed by atoms with E-state index >= 15 is 0 Å². The lowest BCUT2D eigenvalue weighted by Crippen LogP contribution is -2.49. The van der Waals surface area contributed by atoms with E-state index in [1.165, 1.54) is 0 Å². The summed E-state index contributed by atoms with van der Waals surface area (Å²) in [6, 6.07) is 4.27. The zero-order chi connectivity index (χ0) is 14.7. The van der Waals surface area contributed by atoms with Gasteiger partial charge in [-0.1, -0.05) is 0 Å². The molecule has 2 rings (SSSR count). The van der Waals surface area contributed by atoms with Gasteiger partial charge in [0, 0.05) is 32.2 Å². The Morgan fingerprint density at radius 2 is 1.80 bits per heavy atom. The molecule has 1 saturated heterocycles. The number of hydrogen-bond donors (Lipinski definition) is 1. The predicted molar refractivity (Wildman–Crippen MR) is 78.6 cm³/mol. The minimum absolute atomic E-state index is 0.0603. The first-order chi connectivity index (χ1) is 9.55. The third-order valence-electron chi connectivity index (χ3n) is 3.89. The third kappa shape index (κ3) is 3.16. The van der Waals surface area contributed by atoms with Gasteiger partial charge in [-0.25, -0.2) is 0 Å². The molecule has 1 aromatic rings. The molecule has 0 aromatic heterocycles. The zero-order valence-corrected chi connectivity index (χ0v) is 12.7. The first-order valence-electron chi connectivity index (χ1n) is 6.91. The predicted octanol–water partition coefficient (Wildman–Crippen LogP) is 1.55. The molecular formula is C15H24N2O3. The van der Waals surface area contributed by atoms with Crippen LogP contribution < -0.4 is 9.47 Å². The number of likely N-dealkylation sites (N-methyl/N-ethyl adjacent to an activating group) is 1. The Hall–Kier alpha value is -1.46. The molecule has 1 unspecified atom stereocenters. The largest absolute Gasteiger partial charge is 0.502 e. The maximum Gasteiger partial charge on any atom is 0.200 e. The summed E-state index contributed by atoms with van der Waals surface area (Å²) in [6.07, 6.45) is 0. The summed E-state index contributed by atoms with van der Waals surface area (Å²) in [6.45, 7) is 6.28. The normalized spacial score (nSPS) is 20.9. The van der Waals surface area contributed by atoms with Crippen LogP contribution in [0.25, 0.3) is 0 Å². The van der Waals surface area contributed by atoms with Crippen molar-refractivity contribution in [1.82, 2.24) is 9.80 Å². The van der Waals surface area contributed by atoms with Crippen molar-refractivity contribution in [2.24, 2.45) is 0 Å². The molecule has 0 radical (unpaired) electrons. The van der Waals surface area contributed by atoms with Gasteiger partial charge in [0.05, 0.1) is 14.2 Å². The fourth-order valence-electron chi connectivity index (χ4n) is 2.69. The highest BCUT2D eigenvalue weighted by atomic mass is 16.5. The van der Waals surface area contributed by atoms with Crippen LogP contribution in [0, 0.1) is 0 Å². The average molecular weight is 280 g/mol. The van der Waals surface area contributed by atoms with Gasteiger partial charge in [-0.2, -0.15) is 0 Å². The molecule has 1 aliphatic heterocycles. The number of piperazine rings is 1. The van der Waals surface area contributed by atoms with E-state index in [4.69, 9.17) is 9.47 Å². The molecule has 1 fully saturated rings. The summed E-state index contributed by atoms with van der Waals surface area (Å²) in [5, 5.41) is 9.94. The van der Waals surface area contributed by atoms with Crippen LogP contribution in [0.2, 0.25) is 0 Å². The topological polar surface area (TPSA) is 45.2 Å². The van der Waals surface area contributed by atoms with Crippen LogP contribution in [0.4, 0.5) is 0 Å². The Balaban J connectivity index is 2.16. The van der Waals surface area contributed by atoms with Crippen molar-refractivity contribution in [2.75, 3.05) is 40.9 Å². The van der Waals surface area contributed by atoms with E-state index < -0.39 is 0 Å². The van der Waals surface area contributed by atoms with Crippen molar-refractivity contribution >= 4 is 0 Å². The number of hydrogen-bond acceptors (Lipinski definition) is 5. The van der Waals surface area contributed by atoms with E-state index in [0.717, 1.165) is 31.7 Å². The average Bonchev–Trinajstić information content (AvgIpc) is 2.43. The summed E-state index contributed by atoms with van der Waals surface area (Å²) in [5.41, 5.74) is 1.09. The summed E-state index contributed by atoms with van der Waals surface area (Å²) >= 11 is 0. The van der Waals surface area contributed by atoms with Crippen molar-refractivity contribution in [1.29, 1.82) is 0 Å². The van der Waals surface area contributed by atoms with Crippen LogP contribution in [0.5, 0.6) is 17.2 Å². The van der Waals surface area contributed by atoms with Gasteiger partial charge in [-0.15, -0.1) is 0 Å². The van der Waals surface area contributed by atoms with E-state index in [1.807, 2.05) is 12.1 Å². The Bertz CT molecular complexity index is 439. The molecule has 0 saturated carbocycles. The smallest absolute Gasteiger partial charge is 0.200 e. The lowest BCUT2D eigenvalue weighted by atomic mass is 10.1. The lowest BCUT2D eigenvalue weighted by Gasteiger charge is -2.38. The number of aromatic hydroxyl groups is 1. The van der Waals surface area contributed by atoms with E-state index in [9.17, 15) is 5.11 Å². The molecule has 1 atom stereocenters. The molecule has 0 spiro atoms. The third-order valence-corrected chi connectivity index (χ3v) is 3.89. The molecule has 5 heteroatoms. The highest BCUT2D eigenvalue weighted by Gasteiger charge is 2.22.